The van der Waals surface area contributed by atoms with E-state index in [0.29, 0.717) is 12.5 Å². The van der Waals surface area contributed by atoms with Crippen LogP contribution in [-0.2, 0) is 26.4 Å². The second-order valence-corrected chi connectivity index (χ2v) is 5.93. The molecule has 2 N–H and O–H groups in total. The van der Waals surface area contributed by atoms with Crippen LogP contribution in [0.15, 0.2) is 42.5 Å². The fourth-order valence-electron chi connectivity index (χ4n) is 3.49. The van der Waals surface area contributed by atoms with Gasteiger partial charge in [-0.25, -0.2) is 4.98 Å². The molecule has 0 spiro atoms. The Labute approximate surface area is 124 Å². The van der Waals surface area contributed by atoms with Crippen molar-refractivity contribution in [3.05, 3.63) is 65.0 Å². The van der Waals surface area contributed by atoms with Crippen molar-refractivity contribution in [2.75, 3.05) is 0 Å². The number of fused-ring (bicyclic) bond motifs is 2. The van der Waals surface area contributed by atoms with Gasteiger partial charge in [-0.2, -0.15) is 0 Å². The van der Waals surface area contributed by atoms with Crippen molar-refractivity contribution >= 4 is 11.0 Å². The van der Waals surface area contributed by atoms with E-state index < -0.39 is 0 Å². The van der Waals surface area contributed by atoms with Crippen LogP contribution < -0.4 is 5.73 Å². The summed E-state index contributed by atoms with van der Waals surface area (Å²) in [4.78, 5) is 4.87. The van der Waals surface area contributed by atoms with Gasteiger partial charge < -0.3 is 10.3 Å². The maximum atomic E-state index is 5.75. The summed E-state index contributed by atoms with van der Waals surface area (Å²) in [5, 5.41) is 0. The summed E-state index contributed by atoms with van der Waals surface area (Å²) in [6.07, 6.45) is 2.19. The zero-order valence-corrected chi connectivity index (χ0v) is 12.2. The number of nitrogens with zero attached hydrogens (tertiary/aromatic N) is 2. The number of nitrogens with two attached hydrogens (primary N) is 1. The highest BCUT2D eigenvalue weighted by atomic mass is 15.1. The minimum absolute atomic E-state index is 0.487. The summed E-state index contributed by atoms with van der Waals surface area (Å²) in [6.45, 7) is 0.575. The Kier molecular flexibility index (Phi) is 2.82. The molecule has 106 valence electrons. The van der Waals surface area contributed by atoms with E-state index in [2.05, 4.69) is 54.1 Å². The number of rotatable bonds is 2. The van der Waals surface area contributed by atoms with E-state index in [1.54, 1.807) is 0 Å². The van der Waals surface area contributed by atoms with E-state index in [9.17, 15) is 0 Å². The van der Waals surface area contributed by atoms with Crippen molar-refractivity contribution in [2.24, 2.45) is 12.8 Å². The van der Waals surface area contributed by atoms with Crippen molar-refractivity contribution < 1.29 is 0 Å². The molecule has 1 aromatic heterocycles. The first-order valence-electron chi connectivity index (χ1n) is 7.48. The smallest absolute Gasteiger partial charge is 0.113 e. The van der Waals surface area contributed by atoms with Crippen molar-refractivity contribution in [1.29, 1.82) is 0 Å². The molecule has 4 rings (SSSR count). The number of hydrogen-bond acceptors (Lipinski definition) is 2. The molecule has 0 atom stereocenters. The molecule has 0 amide bonds. The van der Waals surface area contributed by atoms with E-state index in [1.807, 2.05) is 0 Å². The normalized spacial score (nSPS) is 14.8. The lowest BCUT2D eigenvalue weighted by molar-refractivity contribution is 0.651. The van der Waals surface area contributed by atoms with Crippen LogP contribution in [0, 0.1) is 0 Å². The van der Waals surface area contributed by atoms with Gasteiger partial charge in [0.25, 0.3) is 0 Å². The zero-order valence-electron chi connectivity index (χ0n) is 12.2. The van der Waals surface area contributed by atoms with Crippen LogP contribution in [0.5, 0.6) is 0 Å². The molecule has 2 aromatic carbocycles. The highest BCUT2D eigenvalue weighted by Crippen LogP contribution is 2.34. The number of aromatic nitrogens is 2. The molecule has 1 heterocycles. The summed E-state index contributed by atoms with van der Waals surface area (Å²) < 4.78 is 2.24. The van der Waals surface area contributed by atoms with Gasteiger partial charge in [0.1, 0.15) is 5.82 Å². The second-order valence-electron chi connectivity index (χ2n) is 5.93. The highest BCUT2D eigenvalue weighted by Gasteiger charge is 2.26. The topological polar surface area (TPSA) is 43.8 Å². The van der Waals surface area contributed by atoms with Gasteiger partial charge in [-0.1, -0.05) is 30.3 Å². The minimum Gasteiger partial charge on any atom is -0.331 e. The maximum Gasteiger partial charge on any atom is 0.113 e. The standard InChI is InChI=1S/C18H19N3/c1-21-17-8-12(11-19)6-7-16(17)20-18(21)15-9-13-4-2-3-5-14(13)10-15/h2-8,15H,9-11,19H2,1H3. The number of imidazole rings is 1. The first kappa shape index (κ1) is 12.6. The first-order chi connectivity index (χ1) is 10.3. The van der Waals surface area contributed by atoms with Crippen molar-refractivity contribution in [1.82, 2.24) is 9.55 Å². The Bertz CT molecular complexity index is 791. The lowest BCUT2D eigenvalue weighted by atomic mass is 10.1. The minimum atomic E-state index is 0.487. The van der Waals surface area contributed by atoms with Crippen LogP contribution in [-0.4, -0.2) is 9.55 Å². The average Bonchev–Trinajstić information content (AvgIpc) is 3.08. The summed E-state index contributed by atoms with van der Waals surface area (Å²) in [6, 6.07) is 15.1. The van der Waals surface area contributed by atoms with Crippen LogP contribution in [0.4, 0.5) is 0 Å². The Balaban J connectivity index is 1.77. The average molecular weight is 277 g/mol. The number of hydrogen-bond donors (Lipinski definition) is 1. The van der Waals surface area contributed by atoms with Gasteiger partial charge in [0.15, 0.2) is 0 Å². The van der Waals surface area contributed by atoms with E-state index >= 15 is 0 Å². The van der Waals surface area contributed by atoms with Gasteiger partial charge in [0.2, 0.25) is 0 Å². The van der Waals surface area contributed by atoms with Crippen LogP contribution >= 0.6 is 0 Å². The van der Waals surface area contributed by atoms with Crippen molar-refractivity contribution in [2.45, 2.75) is 25.3 Å². The second kappa shape index (κ2) is 4.71. The van der Waals surface area contributed by atoms with Crippen LogP contribution in [0.25, 0.3) is 11.0 Å². The Hall–Kier alpha value is -2.13. The van der Waals surface area contributed by atoms with Crippen LogP contribution in [0.2, 0.25) is 0 Å². The Morgan fingerprint density at radius 2 is 1.86 bits per heavy atom. The summed E-state index contributed by atoms with van der Waals surface area (Å²) in [5.74, 6) is 1.68. The SMILES string of the molecule is Cn1c(C2Cc3ccccc3C2)nc2ccc(CN)cc21. The number of benzene rings is 2. The van der Waals surface area contributed by atoms with E-state index in [1.165, 1.54) is 22.5 Å². The molecule has 1 aliphatic rings. The van der Waals surface area contributed by atoms with Gasteiger partial charge in [0, 0.05) is 19.5 Å². The fourth-order valence-corrected chi connectivity index (χ4v) is 3.49. The molecule has 0 fully saturated rings. The largest absolute Gasteiger partial charge is 0.331 e. The maximum absolute atomic E-state index is 5.75. The Morgan fingerprint density at radius 1 is 1.14 bits per heavy atom. The molecular weight excluding hydrogens is 258 g/mol. The first-order valence-corrected chi connectivity index (χ1v) is 7.48. The lowest BCUT2D eigenvalue weighted by Gasteiger charge is -2.09. The molecule has 0 radical (unpaired) electrons. The van der Waals surface area contributed by atoms with Crippen molar-refractivity contribution in [3.63, 3.8) is 0 Å². The fraction of sp³-hybridized carbons (Fsp3) is 0.278. The molecule has 0 saturated heterocycles. The molecule has 0 bridgehead atoms. The number of aryl methyl sites for hydroxylation is 1. The molecule has 0 aliphatic heterocycles. The molecular formula is C18H19N3. The van der Waals surface area contributed by atoms with Crippen LogP contribution in [0.1, 0.15) is 28.4 Å². The van der Waals surface area contributed by atoms with Gasteiger partial charge >= 0.3 is 0 Å². The third-order valence-corrected chi connectivity index (χ3v) is 4.63. The highest BCUT2D eigenvalue weighted by molar-refractivity contribution is 5.77. The van der Waals surface area contributed by atoms with E-state index in [4.69, 9.17) is 10.7 Å². The molecule has 3 heteroatoms. The quantitative estimate of drug-likeness (QED) is 0.782. The van der Waals surface area contributed by atoms with Gasteiger partial charge in [-0.3, -0.25) is 0 Å². The van der Waals surface area contributed by atoms with Gasteiger partial charge in [-0.05, 0) is 41.7 Å². The van der Waals surface area contributed by atoms with Crippen LogP contribution in [0.3, 0.4) is 0 Å². The van der Waals surface area contributed by atoms with E-state index in [0.717, 1.165) is 23.9 Å². The van der Waals surface area contributed by atoms with Gasteiger partial charge in [0.05, 0.1) is 11.0 Å². The predicted molar refractivity (Wildman–Crippen MR) is 85.2 cm³/mol. The molecule has 1 aliphatic carbocycles. The molecule has 21 heavy (non-hydrogen) atoms. The molecule has 3 nitrogen and oxygen atoms in total. The lowest BCUT2D eigenvalue weighted by Crippen LogP contribution is -2.06. The van der Waals surface area contributed by atoms with Gasteiger partial charge in [-0.15, -0.1) is 0 Å². The molecule has 0 saturated carbocycles. The Morgan fingerprint density at radius 3 is 2.52 bits per heavy atom. The summed E-state index contributed by atoms with van der Waals surface area (Å²) >= 11 is 0. The third-order valence-electron chi connectivity index (χ3n) is 4.63. The van der Waals surface area contributed by atoms with E-state index in [-0.39, 0.29) is 0 Å². The summed E-state index contributed by atoms with van der Waals surface area (Å²) in [5.41, 5.74) is 12.1. The molecule has 0 unspecified atom stereocenters. The summed E-state index contributed by atoms with van der Waals surface area (Å²) in [7, 11) is 2.12. The monoisotopic (exact) mass is 277 g/mol. The third kappa shape index (κ3) is 1.96. The zero-order chi connectivity index (χ0) is 14.4. The molecule has 3 aromatic rings. The van der Waals surface area contributed by atoms with Crippen molar-refractivity contribution in [3.8, 4) is 0 Å². The predicted octanol–water partition coefficient (Wildman–Crippen LogP) is 2.91.